The van der Waals surface area contributed by atoms with Crippen LogP contribution in [-0.4, -0.2) is 31.6 Å². The fraction of sp³-hybridized carbons (Fsp3) is 0.467. The normalized spacial score (nSPS) is 11.8. The zero-order chi connectivity index (χ0) is 15.1. The molecule has 5 nitrogen and oxygen atoms in total. The number of ether oxygens (including phenoxy) is 2. The van der Waals surface area contributed by atoms with E-state index in [-0.39, 0.29) is 11.8 Å². The molecule has 1 atom stereocenters. The minimum absolute atomic E-state index is 0.267. The number of carbonyl (C=O) groups excluding carboxylic acids is 2. The Balaban J connectivity index is 2.53. The molecule has 0 fully saturated rings. The molecule has 1 aromatic carbocycles. The van der Waals surface area contributed by atoms with Gasteiger partial charge in [-0.15, -0.1) is 0 Å². The van der Waals surface area contributed by atoms with Crippen molar-refractivity contribution in [2.24, 2.45) is 5.92 Å². The Hall–Kier alpha value is -2.04. The molecule has 0 spiro atoms. The lowest BCUT2D eigenvalue weighted by Crippen LogP contribution is -2.39. The average molecular weight is 279 g/mol. The fourth-order valence-corrected chi connectivity index (χ4v) is 1.46. The molecule has 0 aliphatic rings. The standard InChI is InChI=1S/C15H21NO4/c1-10(2)9-20-15(18)11(3)16-14(17)12-5-7-13(19-4)8-6-12/h5-8,10-11H,9H2,1-4H3,(H,16,17). The SMILES string of the molecule is COc1ccc(C(=O)NC(C)C(=O)OCC(C)C)cc1. The molecule has 20 heavy (non-hydrogen) atoms. The molecule has 0 aliphatic carbocycles. The van der Waals surface area contributed by atoms with Crippen LogP contribution in [0.5, 0.6) is 5.75 Å². The van der Waals surface area contributed by atoms with Gasteiger partial charge in [0, 0.05) is 5.56 Å². The van der Waals surface area contributed by atoms with Crippen molar-refractivity contribution in [3.63, 3.8) is 0 Å². The van der Waals surface area contributed by atoms with Gasteiger partial charge in [-0.1, -0.05) is 13.8 Å². The van der Waals surface area contributed by atoms with E-state index < -0.39 is 12.0 Å². The Labute approximate surface area is 119 Å². The molecule has 110 valence electrons. The Morgan fingerprint density at radius 1 is 1.15 bits per heavy atom. The zero-order valence-corrected chi connectivity index (χ0v) is 12.3. The molecule has 5 heteroatoms. The molecule has 0 saturated heterocycles. The number of hydrogen-bond acceptors (Lipinski definition) is 4. The number of benzene rings is 1. The Kier molecular flexibility index (Phi) is 6.03. The van der Waals surface area contributed by atoms with Crippen molar-refractivity contribution >= 4 is 11.9 Å². The molecule has 1 amide bonds. The second-order valence-corrected chi connectivity index (χ2v) is 4.95. The third-order valence-corrected chi connectivity index (χ3v) is 2.61. The minimum atomic E-state index is -0.677. The Morgan fingerprint density at radius 2 is 1.75 bits per heavy atom. The molecule has 0 aliphatic heterocycles. The predicted octanol–water partition coefficient (Wildman–Crippen LogP) is 2.01. The number of methoxy groups -OCH3 is 1. The highest BCUT2D eigenvalue weighted by Crippen LogP contribution is 2.11. The van der Waals surface area contributed by atoms with E-state index in [9.17, 15) is 9.59 Å². The number of carbonyl (C=O) groups is 2. The summed E-state index contributed by atoms with van der Waals surface area (Å²) in [7, 11) is 1.56. The van der Waals surface area contributed by atoms with Crippen LogP contribution in [0.1, 0.15) is 31.1 Å². The van der Waals surface area contributed by atoms with E-state index in [1.807, 2.05) is 13.8 Å². The number of esters is 1. The van der Waals surface area contributed by atoms with Crippen molar-refractivity contribution in [2.45, 2.75) is 26.8 Å². The van der Waals surface area contributed by atoms with Gasteiger partial charge in [-0.3, -0.25) is 4.79 Å². The molecule has 1 rings (SSSR count). The average Bonchev–Trinajstić information content (AvgIpc) is 2.44. The second-order valence-electron chi connectivity index (χ2n) is 4.95. The first kappa shape index (κ1) is 16.0. The molecule has 0 heterocycles. The van der Waals surface area contributed by atoms with Crippen LogP contribution in [0.15, 0.2) is 24.3 Å². The van der Waals surface area contributed by atoms with E-state index in [0.29, 0.717) is 17.9 Å². The lowest BCUT2D eigenvalue weighted by atomic mass is 10.2. The number of hydrogen-bond donors (Lipinski definition) is 1. The topological polar surface area (TPSA) is 64.6 Å². The molecule has 0 bridgehead atoms. The third-order valence-electron chi connectivity index (χ3n) is 2.61. The summed E-state index contributed by atoms with van der Waals surface area (Å²) in [5.41, 5.74) is 0.467. The highest BCUT2D eigenvalue weighted by molar-refractivity contribution is 5.96. The molecule has 1 unspecified atom stereocenters. The van der Waals surface area contributed by atoms with Crippen molar-refractivity contribution in [3.8, 4) is 5.75 Å². The predicted molar refractivity (Wildman–Crippen MR) is 75.7 cm³/mol. The van der Waals surface area contributed by atoms with Crippen molar-refractivity contribution in [1.82, 2.24) is 5.32 Å². The van der Waals surface area contributed by atoms with Gasteiger partial charge in [-0.25, -0.2) is 4.79 Å². The summed E-state index contributed by atoms with van der Waals surface area (Å²) < 4.78 is 10.1. The smallest absolute Gasteiger partial charge is 0.328 e. The summed E-state index contributed by atoms with van der Waals surface area (Å²) in [6.45, 7) is 5.85. The van der Waals surface area contributed by atoms with Gasteiger partial charge in [0.05, 0.1) is 13.7 Å². The Bertz CT molecular complexity index is 453. The first-order valence-corrected chi connectivity index (χ1v) is 6.55. The molecule has 0 aromatic heterocycles. The van der Waals surface area contributed by atoms with Gasteiger partial charge >= 0.3 is 5.97 Å². The second kappa shape index (κ2) is 7.53. The van der Waals surface area contributed by atoms with Gasteiger partial charge in [0.15, 0.2) is 0 Å². The monoisotopic (exact) mass is 279 g/mol. The lowest BCUT2D eigenvalue weighted by molar-refractivity contribution is -0.146. The van der Waals surface area contributed by atoms with Crippen molar-refractivity contribution in [1.29, 1.82) is 0 Å². The maximum absolute atomic E-state index is 11.9. The fourth-order valence-electron chi connectivity index (χ4n) is 1.46. The Morgan fingerprint density at radius 3 is 2.25 bits per heavy atom. The van der Waals surface area contributed by atoms with Crippen LogP contribution in [0.25, 0.3) is 0 Å². The molecule has 0 radical (unpaired) electrons. The van der Waals surface area contributed by atoms with Crippen LogP contribution in [-0.2, 0) is 9.53 Å². The number of nitrogens with one attached hydrogen (secondary N) is 1. The maximum atomic E-state index is 11.9. The number of rotatable bonds is 6. The summed E-state index contributed by atoms with van der Waals surface area (Å²) in [6, 6.07) is 5.98. The summed E-state index contributed by atoms with van der Waals surface area (Å²) in [4.78, 5) is 23.6. The van der Waals surface area contributed by atoms with Gasteiger partial charge in [0.1, 0.15) is 11.8 Å². The summed E-state index contributed by atoms with van der Waals surface area (Å²) >= 11 is 0. The van der Waals surface area contributed by atoms with E-state index in [0.717, 1.165) is 0 Å². The van der Waals surface area contributed by atoms with Gasteiger partial charge in [0.25, 0.3) is 5.91 Å². The van der Waals surface area contributed by atoms with Crippen LogP contribution < -0.4 is 10.1 Å². The lowest BCUT2D eigenvalue weighted by Gasteiger charge is -2.14. The molecule has 1 N–H and O–H groups in total. The third kappa shape index (κ3) is 4.91. The van der Waals surface area contributed by atoms with Gasteiger partial charge < -0.3 is 14.8 Å². The zero-order valence-electron chi connectivity index (χ0n) is 12.3. The van der Waals surface area contributed by atoms with E-state index in [4.69, 9.17) is 9.47 Å². The van der Waals surface area contributed by atoms with Gasteiger partial charge in [0.2, 0.25) is 0 Å². The van der Waals surface area contributed by atoms with Crippen LogP contribution >= 0.6 is 0 Å². The van der Waals surface area contributed by atoms with Crippen LogP contribution in [0.3, 0.4) is 0 Å². The first-order chi connectivity index (χ1) is 9.43. The largest absolute Gasteiger partial charge is 0.497 e. The van der Waals surface area contributed by atoms with E-state index >= 15 is 0 Å². The quantitative estimate of drug-likeness (QED) is 0.809. The maximum Gasteiger partial charge on any atom is 0.328 e. The van der Waals surface area contributed by atoms with Crippen LogP contribution in [0.4, 0.5) is 0 Å². The molecule has 1 aromatic rings. The van der Waals surface area contributed by atoms with Crippen LogP contribution in [0, 0.1) is 5.92 Å². The van der Waals surface area contributed by atoms with E-state index in [1.54, 1.807) is 38.3 Å². The van der Waals surface area contributed by atoms with Crippen molar-refractivity contribution in [2.75, 3.05) is 13.7 Å². The first-order valence-electron chi connectivity index (χ1n) is 6.55. The van der Waals surface area contributed by atoms with E-state index in [1.165, 1.54) is 0 Å². The molecular weight excluding hydrogens is 258 g/mol. The highest BCUT2D eigenvalue weighted by Gasteiger charge is 2.18. The van der Waals surface area contributed by atoms with Crippen molar-refractivity contribution < 1.29 is 19.1 Å². The van der Waals surface area contributed by atoms with Gasteiger partial charge in [-0.05, 0) is 37.1 Å². The highest BCUT2D eigenvalue weighted by atomic mass is 16.5. The van der Waals surface area contributed by atoms with Crippen LogP contribution in [0.2, 0.25) is 0 Å². The summed E-state index contributed by atoms with van der Waals surface area (Å²) in [5, 5.41) is 2.60. The number of amides is 1. The summed E-state index contributed by atoms with van der Waals surface area (Å²) in [5.74, 6) is 0.191. The molecule has 0 saturated carbocycles. The van der Waals surface area contributed by atoms with E-state index in [2.05, 4.69) is 5.32 Å². The molecular formula is C15H21NO4. The van der Waals surface area contributed by atoms with Gasteiger partial charge in [-0.2, -0.15) is 0 Å². The minimum Gasteiger partial charge on any atom is -0.497 e. The van der Waals surface area contributed by atoms with Crippen molar-refractivity contribution in [3.05, 3.63) is 29.8 Å². The summed E-state index contributed by atoms with van der Waals surface area (Å²) in [6.07, 6.45) is 0.